The van der Waals surface area contributed by atoms with E-state index >= 15 is 0 Å². The Morgan fingerprint density at radius 3 is 2.54 bits per heavy atom. The van der Waals surface area contributed by atoms with Crippen molar-refractivity contribution in [2.75, 3.05) is 13.7 Å². The minimum atomic E-state index is -0.902. The lowest BCUT2D eigenvalue weighted by atomic mass is 9.67. The normalized spacial score (nSPS) is 50.9. The maximum Gasteiger partial charge on any atom is 0.316 e. The molecule has 4 saturated carbocycles. The lowest BCUT2D eigenvalue weighted by Crippen LogP contribution is -2.52. The largest absolute Gasteiger partial charge is 0.465 e. The Bertz CT molecular complexity index is 600. The van der Waals surface area contributed by atoms with Crippen LogP contribution in [0.1, 0.15) is 40.5 Å². The van der Waals surface area contributed by atoms with Gasteiger partial charge in [-0.1, -0.05) is 0 Å². The topological polar surface area (TPSA) is 71.1 Å². The third-order valence-electron chi connectivity index (χ3n) is 6.66. The van der Waals surface area contributed by atoms with Crippen molar-refractivity contribution in [2.45, 2.75) is 64.1 Å². The van der Waals surface area contributed by atoms with E-state index in [0.29, 0.717) is 6.61 Å². The predicted molar refractivity (Wildman–Crippen MR) is 83.0 cm³/mol. The molecule has 0 spiro atoms. The number of hydrogen-bond donors (Lipinski definition) is 0. The quantitative estimate of drug-likeness (QED) is 0.727. The van der Waals surface area contributed by atoms with Crippen LogP contribution in [0.2, 0.25) is 0 Å². The lowest BCUT2D eigenvalue weighted by molar-refractivity contribution is -0.178. The molecule has 5 fully saturated rings. The first-order chi connectivity index (χ1) is 11.3. The van der Waals surface area contributed by atoms with Gasteiger partial charge in [-0.3, -0.25) is 9.59 Å². The van der Waals surface area contributed by atoms with Gasteiger partial charge in [0.15, 0.2) is 5.79 Å². The molecular formula is C18H26O6. The summed E-state index contributed by atoms with van der Waals surface area (Å²) in [6.45, 7) is 7.77. The molecule has 5 rings (SSSR count). The van der Waals surface area contributed by atoms with Crippen LogP contribution in [0.15, 0.2) is 0 Å². The molecule has 4 aliphatic carbocycles. The number of methoxy groups -OCH3 is 1. The zero-order valence-corrected chi connectivity index (χ0v) is 15.0. The van der Waals surface area contributed by atoms with Gasteiger partial charge in [-0.2, -0.15) is 0 Å². The summed E-state index contributed by atoms with van der Waals surface area (Å²) in [6.07, 6.45) is 0.979. The van der Waals surface area contributed by atoms with Crippen molar-refractivity contribution in [1.29, 1.82) is 0 Å². The summed E-state index contributed by atoms with van der Waals surface area (Å²) in [7, 11) is 1.60. The molecule has 6 nitrogen and oxygen atoms in total. The molecule has 134 valence electrons. The molecule has 0 amide bonds. The molecule has 6 heteroatoms. The average Bonchev–Trinajstić information content (AvgIpc) is 2.97. The maximum atomic E-state index is 13.0. The lowest BCUT2D eigenvalue weighted by Gasteiger charge is -2.42. The molecule has 24 heavy (non-hydrogen) atoms. The summed E-state index contributed by atoms with van der Waals surface area (Å²) >= 11 is 0. The van der Waals surface area contributed by atoms with Gasteiger partial charge >= 0.3 is 5.97 Å². The minimum absolute atomic E-state index is 0.140. The zero-order valence-electron chi connectivity index (χ0n) is 15.0. The first-order valence-electron chi connectivity index (χ1n) is 8.88. The highest BCUT2D eigenvalue weighted by Gasteiger charge is 2.94. The first kappa shape index (κ1) is 16.5. The Kier molecular flexibility index (Phi) is 3.30. The third kappa shape index (κ3) is 1.62. The predicted octanol–water partition coefficient (Wildman–Crippen LogP) is 1.70. The van der Waals surface area contributed by atoms with E-state index in [1.165, 1.54) is 0 Å². The van der Waals surface area contributed by atoms with Crippen molar-refractivity contribution in [3.63, 3.8) is 0 Å². The van der Waals surface area contributed by atoms with Crippen LogP contribution < -0.4 is 0 Å². The Balaban J connectivity index is 1.79. The van der Waals surface area contributed by atoms with Crippen molar-refractivity contribution in [2.24, 2.45) is 23.2 Å². The number of fused-ring (bicyclic) bond motifs is 1. The molecule has 0 aromatic carbocycles. The van der Waals surface area contributed by atoms with Crippen molar-refractivity contribution in [3.8, 4) is 0 Å². The van der Waals surface area contributed by atoms with Crippen molar-refractivity contribution in [3.05, 3.63) is 0 Å². The molecule has 0 radical (unpaired) electrons. The Morgan fingerprint density at radius 2 is 2.04 bits per heavy atom. The number of ether oxygens (including phenoxy) is 4. The fourth-order valence-electron chi connectivity index (χ4n) is 6.10. The van der Waals surface area contributed by atoms with E-state index < -0.39 is 22.7 Å². The highest BCUT2D eigenvalue weighted by Crippen LogP contribution is 2.81. The number of Topliss-reactive ketones (excluding diaryl/α,β-unsaturated/α-hetero) is 1. The van der Waals surface area contributed by atoms with Crippen molar-refractivity contribution in [1.82, 2.24) is 0 Å². The Labute approximate surface area is 142 Å². The molecule has 4 bridgehead atoms. The standard InChI is InChI=1S/C18H26O6/c1-6-22-15(20)18-11(13-9(2)23-16(3,4)24-13)10-7-8-17(18,21-5)14(18)12(10)19/h9-11,13-14H,6-8H2,1-5H3/t9-,10-,11-,13+,14-,17+,18+/m0/s1. The van der Waals surface area contributed by atoms with Gasteiger partial charge in [-0.15, -0.1) is 0 Å². The van der Waals surface area contributed by atoms with Gasteiger partial charge in [0.25, 0.3) is 0 Å². The summed E-state index contributed by atoms with van der Waals surface area (Å²) in [6, 6.07) is 0. The van der Waals surface area contributed by atoms with Crippen LogP contribution in [-0.2, 0) is 28.5 Å². The van der Waals surface area contributed by atoms with Crippen LogP contribution in [0.3, 0.4) is 0 Å². The van der Waals surface area contributed by atoms with Gasteiger partial charge in [0.05, 0.1) is 30.3 Å². The zero-order chi connectivity index (χ0) is 17.5. The number of carbonyl (C=O) groups is 2. The molecule has 0 aromatic heterocycles. The highest BCUT2D eigenvalue weighted by atomic mass is 16.8. The molecule has 1 aliphatic heterocycles. The molecular weight excluding hydrogens is 312 g/mol. The summed E-state index contributed by atoms with van der Waals surface area (Å²) in [5.41, 5.74) is -1.62. The highest BCUT2D eigenvalue weighted by molar-refractivity contribution is 6.05. The first-order valence-corrected chi connectivity index (χ1v) is 8.88. The molecule has 0 aromatic rings. The van der Waals surface area contributed by atoms with E-state index in [1.54, 1.807) is 14.0 Å². The minimum Gasteiger partial charge on any atom is -0.465 e. The SMILES string of the molecule is CCOC(=O)[C@]12[C@H]([C@@H]3OC(C)(C)O[C@H]3C)[C@@H]3CC[C@@]1(OC)[C@@H]2C3=O. The molecule has 1 heterocycles. The van der Waals surface area contributed by atoms with Crippen LogP contribution in [0, 0.1) is 23.2 Å². The molecule has 0 unspecified atom stereocenters. The average molecular weight is 338 g/mol. The van der Waals surface area contributed by atoms with E-state index in [9.17, 15) is 9.59 Å². The number of hydrogen-bond acceptors (Lipinski definition) is 6. The molecule has 7 atom stereocenters. The molecule has 5 aliphatic rings. The van der Waals surface area contributed by atoms with Crippen LogP contribution in [0.25, 0.3) is 0 Å². The van der Waals surface area contributed by atoms with Gasteiger partial charge in [-0.05, 0) is 40.5 Å². The summed E-state index contributed by atoms with van der Waals surface area (Å²) in [5, 5.41) is 0. The number of carbonyl (C=O) groups excluding carboxylic acids is 2. The fourth-order valence-corrected chi connectivity index (χ4v) is 6.10. The van der Waals surface area contributed by atoms with Crippen LogP contribution in [0.4, 0.5) is 0 Å². The summed E-state index contributed by atoms with van der Waals surface area (Å²) < 4.78 is 23.3. The molecule has 0 N–H and O–H groups in total. The molecule has 1 saturated heterocycles. The van der Waals surface area contributed by atoms with Crippen molar-refractivity contribution >= 4 is 11.8 Å². The van der Waals surface area contributed by atoms with E-state index in [2.05, 4.69) is 0 Å². The van der Waals surface area contributed by atoms with E-state index in [4.69, 9.17) is 18.9 Å². The number of ketones is 1. The van der Waals surface area contributed by atoms with Gasteiger partial charge in [0, 0.05) is 18.9 Å². The summed E-state index contributed by atoms with van der Waals surface area (Å²) in [5.74, 6) is -1.67. The van der Waals surface area contributed by atoms with Crippen LogP contribution >= 0.6 is 0 Å². The van der Waals surface area contributed by atoms with Crippen molar-refractivity contribution < 1.29 is 28.5 Å². The Hall–Kier alpha value is -0.980. The van der Waals surface area contributed by atoms with Gasteiger partial charge in [0.1, 0.15) is 11.2 Å². The summed E-state index contributed by atoms with van der Waals surface area (Å²) in [4.78, 5) is 25.9. The smallest absolute Gasteiger partial charge is 0.316 e. The van der Waals surface area contributed by atoms with E-state index in [1.807, 2.05) is 20.8 Å². The number of esters is 1. The third-order valence-corrected chi connectivity index (χ3v) is 6.66. The second-order valence-electron chi connectivity index (χ2n) is 7.99. The van der Waals surface area contributed by atoms with Crippen LogP contribution in [-0.4, -0.2) is 49.1 Å². The van der Waals surface area contributed by atoms with Gasteiger partial charge in [-0.25, -0.2) is 0 Å². The number of rotatable bonds is 4. The van der Waals surface area contributed by atoms with E-state index in [-0.39, 0.29) is 35.8 Å². The van der Waals surface area contributed by atoms with Gasteiger partial charge in [0.2, 0.25) is 0 Å². The Morgan fingerprint density at radius 1 is 1.33 bits per heavy atom. The second kappa shape index (κ2) is 4.80. The van der Waals surface area contributed by atoms with Gasteiger partial charge < -0.3 is 18.9 Å². The monoisotopic (exact) mass is 338 g/mol. The second-order valence-corrected chi connectivity index (χ2v) is 7.99. The fraction of sp³-hybridized carbons (Fsp3) is 0.889. The van der Waals surface area contributed by atoms with Crippen LogP contribution in [0.5, 0.6) is 0 Å². The maximum absolute atomic E-state index is 13.0. The van der Waals surface area contributed by atoms with E-state index in [0.717, 1.165) is 12.8 Å².